The van der Waals surface area contributed by atoms with Gasteiger partial charge in [-0.25, -0.2) is 0 Å². The number of hydrogen-bond donors (Lipinski definition) is 1. The molecule has 0 unspecified atom stereocenters. The van der Waals surface area contributed by atoms with Crippen molar-refractivity contribution in [3.63, 3.8) is 0 Å². The largest absolute Gasteiger partial charge is 0.318 e. The van der Waals surface area contributed by atoms with E-state index in [-0.39, 0.29) is 0 Å². The summed E-state index contributed by atoms with van der Waals surface area (Å²) in [6, 6.07) is 13.6. The van der Waals surface area contributed by atoms with Gasteiger partial charge in [0.15, 0.2) is 0 Å². The highest BCUT2D eigenvalue weighted by Gasteiger charge is 2.27. The normalized spacial score (nSPS) is 13.3. The molecule has 0 radical (unpaired) electrons. The van der Waals surface area contributed by atoms with Crippen molar-refractivity contribution in [3.05, 3.63) is 53.6 Å². The van der Waals surface area contributed by atoms with Crippen LogP contribution in [0.15, 0.2) is 52.3 Å². The number of rotatable bonds is 2. The Labute approximate surface area is 115 Å². The number of nitrogens with one attached hydrogen (secondary N) is 1. The Bertz CT molecular complexity index is 677. The summed E-state index contributed by atoms with van der Waals surface area (Å²) in [7, 11) is 0. The molecule has 2 aromatic carbocycles. The van der Waals surface area contributed by atoms with Crippen molar-refractivity contribution >= 4 is 29.1 Å². The standard InChI is InChI=1S/C15H11NO2S/c1-9-2-4-10(5-3-9)19-11-6-7-12-13(8-11)16-15(18)14(12)17/h2-8H,1H3,(H,16,17,18). The zero-order valence-corrected chi connectivity index (χ0v) is 11.1. The number of benzene rings is 2. The summed E-state index contributed by atoms with van der Waals surface area (Å²) in [5.41, 5.74) is 2.28. The van der Waals surface area contributed by atoms with Crippen molar-refractivity contribution in [1.29, 1.82) is 0 Å². The van der Waals surface area contributed by atoms with Crippen molar-refractivity contribution in [3.8, 4) is 0 Å². The molecule has 2 aromatic rings. The van der Waals surface area contributed by atoms with Crippen LogP contribution in [0.2, 0.25) is 0 Å². The van der Waals surface area contributed by atoms with E-state index >= 15 is 0 Å². The van der Waals surface area contributed by atoms with Gasteiger partial charge < -0.3 is 5.32 Å². The predicted octanol–water partition coefficient (Wildman–Crippen LogP) is 3.28. The summed E-state index contributed by atoms with van der Waals surface area (Å²) >= 11 is 1.60. The highest BCUT2D eigenvalue weighted by molar-refractivity contribution is 7.99. The highest BCUT2D eigenvalue weighted by Crippen LogP contribution is 2.33. The molecule has 0 fully saturated rings. The lowest BCUT2D eigenvalue weighted by Crippen LogP contribution is -2.12. The summed E-state index contributed by atoms with van der Waals surface area (Å²) in [4.78, 5) is 24.9. The van der Waals surface area contributed by atoms with Crippen molar-refractivity contribution in [2.75, 3.05) is 5.32 Å². The maximum absolute atomic E-state index is 11.5. The van der Waals surface area contributed by atoms with Crippen molar-refractivity contribution in [1.82, 2.24) is 0 Å². The molecule has 1 aliphatic heterocycles. The third kappa shape index (κ3) is 2.27. The minimum atomic E-state index is -0.549. The molecular weight excluding hydrogens is 258 g/mol. The van der Waals surface area contributed by atoms with Gasteiger partial charge >= 0.3 is 0 Å². The van der Waals surface area contributed by atoms with E-state index in [0.717, 1.165) is 9.79 Å². The number of anilines is 1. The third-order valence-electron chi connectivity index (χ3n) is 2.95. The van der Waals surface area contributed by atoms with Gasteiger partial charge in [0.1, 0.15) is 0 Å². The zero-order valence-electron chi connectivity index (χ0n) is 10.3. The average Bonchev–Trinajstić information content (AvgIpc) is 2.68. The van der Waals surface area contributed by atoms with E-state index in [1.165, 1.54) is 5.56 Å². The minimum absolute atomic E-state index is 0.457. The first-order valence-electron chi connectivity index (χ1n) is 5.88. The quantitative estimate of drug-likeness (QED) is 0.851. The molecule has 0 atom stereocenters. The lowest BCUT2D eigenvalue weighted by Gasteiger charge is -2.04. The van der Waals surface area contributed by atoms with Crippen molar-refractivity contribution in [2.45, 2.75) is 16.7 Å². The first kappa shape index (κ1) is 12.0. The molecule has 0 aromatic heterocycles. The molecule has 1 aliphatic rings. The second-order valence-electron chi connectivity index (χ2n) is 4.41. The number of carbonyl (C=O) groups is 2. The summed E-state index contributed by atoms with van der Waals surface area (Å²) in [6.45, 7) is 2.05. The Hall–Kier alpha value is -2.07. The summed E-state index contributed by atoms with van der Waals surface area (Å²) in [6.07, 6.45) is 0. The number of fused-ring (bicyclic) bond motifs is 1. The van der Waals surface area contributed by atoms with E-state index in [4.69, 9.17) is 0 Å². The number of carbonyl (C=O) groups excluding carboxylic acids is 2. The molecule has 1 N–H and O–H groups in total. The predicted molar refractivity (Wildman–Crippen MR) is 74.7 cm³/mol. The highest BCUT2D eigenvalue weighted by atomic mass is 32.2. The molecule has 1 amide bonds. The van der Waals surface area contributed by atoms with Crippen molar-refractivity contribution < 1.29 is 9.59 Å². The smallest absolute Gasteiger partial charge is 0.296 e. The van der Waals surface area contributed by atoms with Crippen LogP contribution < -0.4 is 5.32 Å². The maximum Gasteiger partial charge on any atom is 0.296 e. The minimum Gasteiger partial charge on any atom is -0.318 e. The molecule has 94 valence electrons. The van der Waals surface area contributed by atoms with Gasteiger partial charge in [-0.2, -0.15) is 0 Å². The third-order valence-corrected chi connectivity index (χ3v) is 3.94. The van der Waals surface area contributed by atoms with Crippen LogP contribution in [0.25, 0.3) is 0 Å². The van der Waals surface area contributed by atoms with Gasteiger partial charge in [0.25, 0.3) is 11.7 Å². The van der Waals surface area contributed by atoms with Gasteiger partial charge in [0.05, 0.1) is 11.3 Å². The van der Waals surface area contributed by atoms with Crippen LogP contribution in [0.4, 0.5) is 5.69 Å². The molecule has 0 bridgehead atoms. The van der Waals surface area contributed by atoms with E-state index < -0.39 is 11.7 Å². The molecule has 19 heavy (non-hydrogen) atoms. The second kappa shape index (κ2) is 4.55. The number of hydrogen-bond acceptors (Lipinski definition) is 3. The lowest BCUT2D eigenvalue weighted by molar-refractivity contribution is -0.112. The fourth-order valence-corrected chi connectivity index (χ4v) is 2.79. The van der Waals surface area contributed by atoms with Crippen LogP contribution in [0, 0.1) is 6.92 Å². The molecule has 0 aliphatic carbocycles. The Balaban J connectivity index is 1.88. The summed E-state index contributed by atoms with van der Waals surface area (Å²) in [5, 5.41) is 2.58. The van der Waals surface area contributed by atoms with Gasteiger partial charge in [0.2, 0.25) is 0 Å². The summed E-state index contributed by atoms with van der Waals surface area (Å²) in [5.74, 6) is -1.01. The number of Topliss-reactive ketones (excluding diaryl/α,β-unsaturated/α-hetero) is 1. The van der Waals surface area contributed by atoms with E-state index in [9.17, 15) is 9.59 Å². The van der Waals surface area contributed by atoms with Gasteiger partial charge in [-0.1, -0.05) is 29.5 Å². The Morgan fingerprint density at radius 1 is 0.947 bits per heavy atom. The van der Waals surface area contributed by atoms with Crippen LogP contribution >= 0.6 is 11.8 Å². The fourth-order valence-electron chi connectivity index (χ4n) is 1.93. The van der Waals surface area contributed by atoms with Crippen molar-refractivity contribution in [2.24, 2.45) is 0 Å². The van der Waals surface area contributed by atoms with Gasteiger partial charge in [-0.05, 0) is 37.3 Å². The van der Waals surface area contributed by atoms with Crippen LogP contribution in [0.3, 0.4) is 0 Å². The summed E-state index contributed by atoms with van der Waals surface area (Å²) < 4.78 is 0. The van der Waals surface area contributed by atoms with E-state index in [1.54, 1.807) is 17.8 Å². The number of ketones is 1. The van der Waals surface area contributed by atoms with E-state index in [1.807, 2.05) is 19.1 Å². The zero-order chi connectivity index (χ0) is 13.4. The Morgan fingerprint density at radius 2 is 1.63 bits per heavy atom. The molecule has 0 saturated heterocycles. The molecule has 4 heteroatoms. The fraction of sp³-hybridized carbons (Fsp3) is 0.0667. The molecule has 0 spiro atoms. The maximum atomic E-state index is 11.5. The molecular formula is C15H11NO2S. The molecule has 3 rings (SSSR count). The number of aryl methyl sites for hydroxylation is 1. The second-order valence-corrected chi connectivity index (χ2v) is 5.55. The van der Waals surface area contributed by atoms with Crippen LogP contribution in [-0.2, 0) is 4.79 Å². The van der Waals surface area contributed by atoms with Crippen LogP contribution in [-0.4, -0.2) is 11.7 Å². The topological polar surface area (TPSA) is 46.2 Å². The SMILES string of the molecule is Cc1ccc(Sc2ccc3c(c2)NC(=O)C3=O)cc1. The molecule has 0 saturated carbocycles. The first-order valence-corrected chi connectivity index (χ1v) is 6.69. The first-order chi connectivity index (χ1) is 9.13. The van der Waals surface area contributed by atoms with Crippen LogP contribution in [0.5, 0.6) is 0 Å². The lowest BCUT2D eigenvalue weighted by atomic mass is 10.1. The average molecular weight is 269 g/mol. The van der Waals surface area contributed by atoms with Gasteiger partial charge in [0, 0.05) is 9.79 Å². The Morgan fingerprint density at radius 3 is 2.37 bits per heavy atom. The van der Waals surface area contributed by atoms with Gasteiger partial charge in [-0.15, -0.1) is 0 Å². The number of amides is 1. The Kier molecular flexibility index (Phi) is 2.87. The monoisotopic (exact) mass is 269 g/mol. The molecule has 1 heterocycles. The van der Waals surface area contributed by atoms with E-state index in [0.29, 0.717) is 11.3 Å². The molecule has 3 nitrogen and oxygen atoms in total. The van der Waals surface area contributed by atoms with Crippen LogP contribution in [0.1, 0.15) is 15.9 Å². The van der Waals surface area contributed by atoms with Gasteiger partial charge in [-0.3, -0.25) is 9.59 Å². The van der Waals surface area contributed by atoms with E-state index in [2.05, 4.69) is 29.6 Å².